The van der Waals surface area contributed by atoms with Crippen LogP contribution in [0, 0.1) is 0 Å². The van der Waals surface area contributed by atoms with Crippen LogP contribution in [0.5, 0.6) is 0 Å². The lowest BCUT2D eigenvalue weighted by Crippen LogP contribution is -2.37. The Morgan fingerprint density at radius 2 is 1.75 bits per heavy atom. The summed E-state index contributed by atoms with van der Waals surface area (Å²) in [6, 6.07) is 12.9. The monoisotopic (exact) mass is 541 g/mol. The minimum absolute atomic E-state index is 0.129. The Hall–Kier alpha value is -3.12. The molecule has 4 aromatic rings. The lowest BCUT2D eigenvalue weighted by molar-refractivity contribution is -0.207. The van der Waals surface area contributed by atoms with Crippen molar-refractivity contribution in [3.63, 3.8) is 0 Å². The molecule has 2 heterocycles. The number of aliphatic hydroxyl groups is 2. The summed E-state index contributed by atoms with van der Waals surface area (Å²) in [6.07, 6.45) is -7.32. The predicted molar refractivity (Wildman–Crippen MR) is 127 cm³/mol. The Morgan fingerprint density at radius 3 is 2.36 bits per heavy atom. The van der Waals surface area contributed by atoms with Gasteiger partial charge < -0.3 is 10.2 Å². The number of halogens is 5. The van der Waals surface area contributed by atoms with E-state index in [0.29, 0.717) is 21.3 Å². The van der Waals surface area contributed by atoms with Gasteiger partial charge in [0.1, 0.15) is 6.10 Å². The molecule has 4 rings (SSSR count). The molecule has 2 atom stereocenters. The molecule has 2 aromatic carbocycles. The van der Waals surface area contributed by atoms with E-state index in [4.69, 9.17) is 23.2 Å². The molecule has 0 radical (unpaired) electrons. The number of nitrogens with zero attached hydrogens (tertiary/aromatic N) is 5. The zero-order valence-corrected chi connectivity index (χ0v) is 20.2. The highest BCUT2D eigenvalue weighted by Crippen LogP contribution is 2.26. The molecular formula is C23H20Cl2F3N5O3. The largest absolute Gasteiger partial charge is 0.416 e. The van der Waals surface area contributed by atoms with E-state index >= 15 is 0 Å². The number of aromatic nitrogens is 5. The molecule has 0 spiro atoms. The number of rotatable bonds is 7. The quantitative estimate of drug-likeness (QED) is 0.365. The highest BCUT2D eigenvalue weighted by Gasteiger charge is 2.39. The van der Waals surface area contributed by atoms with Crippen LogP contribution in [0.15, 0.2) is 59.5 Å². The summed E-state index contributed by atoms with van der Waals surface area (Å²) in [7, 11) is 0. The van der Waals surface area contributed by atoms with Gasteiger partial charge in [-0.05, 0) is 42.8 Å². The second kappa shape index (κ2) is 10.1. The first-order chi connectivity index (χ1) is 16.9. The molecule has 0 saturated heterocycles. The van der Waals surface area contributed by atoms with Crippen LogP contribution in [0.4, 0.5) is 13.2 Å². The fourth-order valence-electron chi connectivity index (χ4n) is 3.60. The van der Waals surface area contributed by atoms with Gasteiger partial charge in [-0.1, -0.05) is 41.4 Å². The van der Waals surface area contributed by atoms with Gasteiger partial charge in [-0.25, -0.2) is 14.5 Å². The fourth-order valence-corrected chi connectivity index (χ4v) is 3.91. The SMILES string of the molecule is CC(O)c1nc(Cn2cc(-c3ccc(Cl)cc3)n(CC(O)C(F)(F)F)c2=O)nn1-c1cccc(Cl)c1. The zero-order chi connectivity index (χ0) is 26.2. The van der Waals surface area contributed by atoms with Crippen molar-refractivity contribution < 1.29 is 23.4 Å². The summed E-state index contributed by atoms with van der Waals surface area (Å²) in [5, 5.41) is 25.1. The lowest BCUT2D eigenvalue weighted by Gasteiger charge is -2.16. The number of benzene rings is 2. The maximum atomic E-state index is 13.1. The van der Waals surface area contributed by atoms with Crippen molar-refractivity contribution in [2.45, 2.75) is 38.4 Å². The summed E-state index contributed by atoms with van der Waals surface area (Å²) in [5.41, 5.74) is 0.287. The molecule has 0 amide bonds. The number of imidazole rings is 1. The van der Waals surface area contributed by atoms with E-state index < -0.39 is 30.6 Å². The Bertz CT molecular complexity index is 1430. The van der Waals surface area contributed by atoms with Gasteiger partial charge in [0, 0.05) is 16.2 Å². The molecule has 0 bridgehead atoms. The van der Waals surface area contributed by atoms with Gasteiger partial charge in [-0.2, -0.15) is 13.2 Å². The topological polar surface area (TPSA) is 98.1 Å². The third kappa shape index (κ3) is 5.49. The number of hydrogen-bond acceptors (Lipinski definition) is 5. The van der Waals surface area contributed by atoms with Crippen molar-refractivity contribution in [2.24, 2.45) is 0 Å². The standard InChI is InChI=1S/C23H20Cl2F3N5O3/c1-13(34)21-29-20(30-33(21)17-4-2-3-16(25)9-17)12-31-10-18(14-5-7-15(24)8-6-14)32(22(31)36)11-19(35)23(26,27)28/h2-10,13,19,34-35H,11-12H2,1H3. The van der Waals surface area contributed by atoms with Crippen molar-refractivity contribution >= 4 is 23.2 Å². The van der Waals surface area contributed by atoms with Gasteiger partial charge in [-0.15, -0.1) is 5.10 Å². The highest BCUT2D eigenvalue weighted by molar-refractivity contribution is 6.31. The van der Waals surface area contributed by atoms with Gasteiger partial charge in [0.05, 0.1) is 24.5 Å². The van der Waals surface area contributed by atoms with E-state index in [-0.39, 0.29) is 23.9 Å². The third-order valence-electron chi connectivity index (χ3n) is 5.33. The predicted octanol–water partition coefficient (Wildman–Crippen LogP) is 4.23. The first kappa shape index (κ1) is 26.0. The Balaban J connectivity index is 1.77. The Labute approximate surface area is 212 Å². The summed E-state index contributed by atoms with van der Waals surface area (Å²) in [5.74, 6) is 0.314. The van der Waals surface area contributed by atoms with Gasteiger partial charge in [0.25, 0.3) is 0 Å². The first-order valence-electron chi connectivity index (χ1n) is 10.6. The number of alkyl halides is 3. The molecule has 0 aliphatic rings. The average molecular weight is 542 g/mol. The molecule has 0 saturated carbocycles. The van der Waals surface area contributed by atoms with Crippen molar-refractivity contribution in [2.75, 3.05) is 0 Å². The van der Waals surface area contributed by atoms with E-state index in [9.17, 15) is 28.2 Å². The number of hydrogen-bond donors (Lipinski definition) is 2. The van der Waals surface area contributed by atoms with Crippen LogP contribution in [0.1, 0.15) is 24.7 Å². The van der Waals surface area contributed by atoms with Crippen molar-refractivity contribution in [3.8, 4) is 16.9 Å². The van der Waals surface area contributed by atoms with Crippen LogP contribution in [0.25, 0.3) is 16.9 Å². The maximum absolute atomic E-state index is 13.1. The van der Waals surface area contributed by atoms with Gasteiger partial charge in [0.15, 0.2) is 17.8 Å². The molecule has 2 aromatic heterocycles. The zero-order valence-electron chi connectivity index (χ0n) is 18.7. The molecule has 0 fully saturated rings. The Kier molecular flexibility index (Phi) is 7.28. The van der Waals surface area contributed by atoms with Gasteiger partial charge >= 0.3 is 11.9 Å². The number of aliphatic hydroxyl groups excluding tert-OH is 2. The molecule has 0 aliphatic carbocycles. The summed E-state index contributed by atoms with van der Waals surface area (Å²) >= 11 is 12.0. The van der Waals surface area contributed by atoms with E-state index in [2.05, 4.69) is 10.1 Å². The van der Waals surface area contributed by atoms with Crippen molar-refractivity contribution in [1.82, 2.24) is 23.9 Å². The molecule has 8 nitrogen and oxygen atoms in total. The smallest absolute Gasteiger partial charge is 0.385 e. The minimum Gasteiger partial charge on any atom is -0.385 e. The summed E-state index contributed by atoms with van der Waals surface area (Å²) in [6.45, 7) is 0.285. The molecule has 2 N–H and O–H groups in total. The second-order valence-corrected chi connectivity index (χ2v) is 8.93. The summed E-state index contributed by atoms with van der Waals surface area (Å²) < 4.78 is 42.6. The molecule has 0 aliphatic heterocycles. The van der Waals surface area contributed by atoms with Crippen LogP contribution >= 0.6 is 23.2 Å². The van der Waals surface area contributed by atoms with E-state index in [0.717, 1.165) is 9.13 Å². The van der Waals surface area contributed by atoms with Crippen LogP contribution in [0.2, 0.25) is 10.0 Å². The van der Waals surface area contributed by atoms with Crippen molar-refractivity contribution in [1.29, 1.82) is 0 Å². The molecular weight excluding hydrogens is 522 g/mol. The van der Waals surface area contributed by atoms with E-state index in [1.807, 2.05) is 0 Å². The Morgan fingerprint density at radius 1 is 1.06 bits per heavy atom. The van der Waals surface area contributed by atoms with Crippen molar-refractivity contribution in [3.05, 3.63) is 86.9 Å². The van der Waals surface area contributed by atoms with Crippen LogP contribution < -0.4 is 5.69 Å². The molecule has 190 valence electrons. The van der Waals surface area contributed by atoms with Crippen LogP contribution in [0.3, 0.4) is 0 Å². The molecule has 13 heteroatoms. The van der Waals surface area contributed by atoms with E-state index in [1.165, 1.54) is 29.9 Å². The summed E-state index contributed by atoms with van der Waals surface area (Å²) in [4.78, 5) is 17.4. The van der Waals surface area contributed by atoms with Crippen LogP contribution in [-0.4, -0.2) is 46.4 Å². The molecule has 2 unspecified atom stereocenters. The third-order valence-corrected chi connectivity index (χ3v) is 5.82. The average Bonchev–Trinajstić information content (AvgIpc) is 3.36. The van der Waals surface area contributed by atoms with E-state index in [1.54, 1.807) is 36.4 Å². The van der Waals surface area contributed by atoms with Gasteiger partial charge in [-0.3, -0.25) is 9.13 Å². The fraction of sp³-hybridized carbons (Fsp3) is 0.261. The van der Waals surface area contributed by atoms with Crippen LogP contribution in [-0.2, 0) is 13.1 Å². The lowest BCUT2D eigenvalue weighted by atomic mass is 10.1. The first-order valence-corrected chi connectivity index (χ1v) is 11.4. The normalized spacial score (nSPS) is 13.7. The minimum atomic E-state index is -4.91. The maximum Gasteiger partial charge on any atom is 0.416 e. The van der Waals surface area contributed by atoms with Gasteiger partial charge in [0.2, 0.25) is 0 Å². The molecule has 36 heavy (non-hydrogen) atoms. The highest BCUT2D eigenvalue weighted by atomic mass is 35.5. The second-order valence-electron chi connectivity index (χ2n) is 8.05.